The molecule has 0 rings (SSSR count). The average molecular weight is 933 g/mol. The molecule has 0 aromatic rings. The van der Waals surface area contributed by atoms with Crippen LogP contribution in [0.5, 0.6) is 0 Å². The molecule has 0 heterocycles. The summed E-state index contributed by atoms with van der Waals surface area (Å²) in [6, 6.07) is -0.541. The van der Waals surface area contributed by atoms with E-state index in [9.17, 15) is 19.8 Å². The molecule has 1 amide bonds. The summed E-state index contributed by atoms with van der Waals surface area (Å²) >= 11 is 0. The van der Waals surface area contributed by atoms with Gasteiger partial charge in [0.25, 0.3) is 0 Å². The van der Waals surface area contributed by atoms with Gasteiger partial charge in [0.1, 0.15) is 0 Å². The fourth-order valence-corrected chi connectivity index (χ4v) is 9.45. The van der Waals surface area contributed by atoms with Crippen molar-refractivity contribution in [3.05, 3.63) is 12.2 Å². The van der Waals surface area contributed by atoms with Gasteiger partial charge in [0.15, 0.2) is 0 Å². The number of hydrogen-bond donors (Lipinski definition) is 3. The van der Waals surface area contributed by atoms with Crippen molar-refractivity contribution in [2.24, 2.45) is 0 Å². The number of unbranched alkanes of at least 4 members (excludes halogenated alkanes) is 43. The first-order chi connectivity index (χ1) is 32.5. The number of carbonyl (C=O) groups excluding carboxylic acids is 2. The van der Waals surface area contributed by atoms with Gasteiger partial charge in [-0.1, -0.05) is 289 Å². The maximum atomic E-state index is 12.5. The van der Waals surface area contributed by atoms with Crippen LogP contribution in [0.3, 0.4) is 0 Å². The van der Waals surface area contributed by atoms with Crippen molar-refractivity contribution < 1.29 is 24.5 Å². The highest BCUT2D eigenvalue weighted by molar-refractivity contribution is 5.76. The van der Waals surface area contributed by atoms with Gasteiger partial charge in [0.2, 0.25) is 5.91 Å². The standard InChI is InChI=1S/C60H117NO5/c1-3-5-7-9-11-13-15-16-17-23-26-29-33-36-40-44-48-52-58(63)57(56-62)61-59(64)53-49-45-41-37-34-30-27-24-21-19-18-20-22-25-28-31-35-39-43-47-51-55-66-60(65)54-50-46-42-38-32-14-12-10-8-6-4-2/h10,12,57-58,62-63H,3-9,11,13-56H2,1-2H3,(H,61,64)/b12-10-. The smallest absolute Gasteiger partial charge is 0.305 e. The van der Waals surface area contributed by atoms with Crippen molar-refractivity contribution in [1.82, 2.24) is 5.32 Å². The molecule has 0 aromatic heterocycles. The fourth-order valence-electron chi connectivity index (χ4n) is 9.45. The van der Waals surface area contributed by atoms with Gasteiger partial charge in [0, 0.05) is 12.8 Å². The maximum absolute atomic E-state index is 12.5. The molecule has 0 radical (unpaired) electrons. The largest absolute Gasteiger partial charge is 0.466 e. The highest BCUT2D eigenvalue weighted by atomic mass is 16.5. The van der Waals surface area contributed by atoms with E-state index in [1.807, 2.05) is 0 Å². The predicted molar refractivity (Wildman–Crippen MR) is 287 cm³/mol. The number of rotatable bonds is 56. The third-order valence-electron chi connectivity index (χ3n) is 14.1. The van der Waals surface area contributed by atoms with Crippen LogP contribution in [0.4, 0.5) is 0 Å². The average Bonchev–Trinajstić information content (AvgIpc) is 3.32. The van der Waals surface area contributed by atoms with Crippen LogP contribution in [0, 0.1) is 0 Å². The summed E-state index contributed by atoms with van der Waals surface area (Å²) in [6.45, 7) is 4.93. The van der Waals surface area contributed by atoms with Crippen LogP contribution in [0.2, 0.25) is 0 Å². The zero-order valence-electron chi connectivity index (χ0n) is 44.7. The Morgan fingerprint density at radius 3 is 1.12 bits per heavy atom. The lowest BCUT2D eigenvalue weighted by Crippen LogP contribution is -2.45. The van der Waals surface area contributed by atoms with Crippen molar-refractivity contribution in [3.63, 3.8) is 0 Å². The number of aliphatic hydroxyl groups excluding tert-OH is 2. The Kier molecular flexibility index (Phi) is 55.0. The number of allylic oxidation sites excluding steroid dienone is 2. The minimum Gasteiger partial charge on any atom is -0.466 e. The molecule has 66 heavy (non-hydrogen) atoms. The molecular formula is C60H117NO5. The Bertz CT molecular complexity index is 986. The minimum absolute atomic E-state index is 0.00149. The topological polar surface area (TPSA) is 95.9 Å². The van der Waals surface area contributed by atoms with E-state index in [0.717, 1.165) is 44.9 Å². The number of amides is 1. The number of hydrogen-bond acceptors (Lipinski definition) is 5. The highest BCUT2D eigenvalue weighted by Gasteiger charge is 2.20. The molecule has 0 spiro atoms. The summed E-state index contributed by atoms with van der Waals surface area (Å²) in [7, 11) is 0. The summed E-state index contributed by atoms with van der Waals surface area (Å²) in [5.41, 5.74) is 0. The molecule has 3 N–H and O–H groups in total. The van der Waals surface area contributed by atoms with Crippen molar-refractivity contribution >= 4 is 11.9 Å². The van der Waals surface area contributed by atoms with E-state index in [-0.39, 0.29) is 18.5 Å². The normalized spacial score (nSPS) is 12.6. The Labute approximate surface area is 412 Å². The van der Waals surface area contributed by atoms with Gasteiger partial charge in [0.05, 0.1) is 25.4 Å². The third-order valence-corrected chi connectivity index (χ3v) is 14.1. The second-order valence-corrected chi connectivity index (χ2v) is 20.7. The van der Waals surface area contributed by atoms with Gasteiger partial charge in [-0.05, 0) is 44.9 Å². The number of esters is 1. The van der Waals surface area contributed by atoms with E-state index in [1.54, 1.807) is 0 Å². The second-order valence-electron chi connectivity index (χ2n) is 20.7. The Morgan fingerprint density at radius 1 is 0.409 bits per heavy atom. The lowest BCUT2D eigenvalue weighted by atomic mass is 10.0. The van der Waals surface area contributed by atoms with E-state index in [2.05, 4.69) is 31.3 Å². The molecule has 6 nitrogen and oxygen atoms in total. The summed E-state index contributed by atoms with van der Waals surface area (Å²) in [4.78, 5) is 24.5. The van der Waals surface area contributed by atoms with Crippen molar-refractivity contribution in [3.8, 4) is 0 Å². The maximum Gasteiger partial charge on any atom is 0.305 e. The SMILES string of the molecule is CCCC/C=C\CCCCCCCC(=O)OCCCCCCCCCCCCCCCCCCCCCCCC(=O)NC(CO)C(O)CCCCCCCCCCCCCCCCCCC. The first kappa shape index (κ1) is 64.6. The Hall–Kier alpha value is -1.40. The Balaban J connectivity index is 3.39. The molecule has 2 unspecified atom stereocenters. The van der Waals surface area contributed by atoms with Gasteiger partial charge in [-0.3, -0.25) is 9.59 Å². The first-order valence-electron chi connectivity index (χ1n) is 29.9. The summed E-state index contributed by atoms with van der Waals surface area (Å²) < 4.78 is 5.46. The van der Waals surface area contributed by atoms with Crippen LogP contribution >= 0.6 is 0 Å². The minimum atomic E-state index is -0.664. The predicted octanol–water partition coefficient (Wildman–Crippen LogP) is 18.5. The molecule has 0 saturated heterocycles. The monoisotopic (exact) mass is 932 g/mol. The Morgan fingerprint density at radius 2 is 0.727 bits per heavy atom. The van der Waals surface area contributed by atoms with Crippen molar-refractivity contribution in [2.45, 2.75) is 347 Å². The van der Waals surface area contributed by atoms with E-state index in [1.165, 1.54) is 257 Å². The molecule has 0 saturated carbocycles. The zero-order valence-corrected chi connectivity index (χ0v) is 44.7. The van der Waals surface area contributed by atoms with Gasteiger partial charge in [-0.15, -0.1) is 0 Å². The molecule has 2 atom stereocenters. The number of ether oxygens (including phenoxy) is 1. The lowest BCUT2D eigenvalue weighted by molar-refractivity contribution is -0.143. The number of aliphatic hydroxyl groups is 2. The molecule has 0 bridgehead atoms. The van der Waals surface area contributed by atoms with Crippen LogP contribution in [0.15, 0.2) is 12.2 Å². The van der Waals surface area contributed by atoms with E-state index in [0.29, 0.717) is 25.9 Å². The van der Waals surface area contributed by atoms with Crippen molar-refractivity contribution in [1.29, 1.82) is 0 Å². The van der Waals surface area contributed by atoms with E-state index in [4.69, 9.17) is 4.74 Å². The number of carbonyl (C=O) groups is 2. The summed E-state index contributed by atoms with van der Waals surface area (Å²) in [5, 5.41) is 23.3. The third kappa shape index (κ3) is 52.0. The van der Waals surface area contributed by atoms with Crippen LogP contribution in [-0.4, -0.2) is 47.4 Å². The first-order valence-corrected chi connectivity index (χ1v) is 29.9. The zero-order chi connectivity index (χ0) is 47.9. The quantitative estimate of drug-likeness (QED) is 0.0321. The number of nitrogens with one attached hydrogen (secondary N) is 1. The van der Waals surface area contributed by atoms with E-state index >= 15 is 0 Å². The van der Waals surface area contributed by atoms with E-state index < -0.39 is 12.1 Å². The molecular weight excluding hydrogens is 815 g/mol. The van der Waals surface area contributed by atoms with Gasteiger partial charge in [-0.25, -0.2) is 0 Å². The van der Waals surface area contributed by atoms with Crippen LogP contribution in [0.1, 0.15) is 335 Å². The molecule has 392 valence electrons. The second kappa shape index (κ2) is 56.2. The van der Waals surface area contributed by atoms with Crippen molar-refractivity contribution in [2.75, 3.05) is 13.2 Å². The summed E-state index contributed by atoms with van der Waals surface area (Å²) in [5.74, 6) is -0.0317. The molecule has 0 aliphatic carbocycles. The summed E-state index contributed by atoms with van der Waals surface area (Å²) in [6.07, 6.45) is 66.4. The highest BCUT2D eigenvalue weighted by Crippen LogP contribution is 2.18. The fraction of sp³-hybridized carbons (Fsp3) is 0.933. The van der Waals surface area contributed by atoms with Gasteiger partial charge in [-0.2, -0.15) is 0 Å². The lowest BCUT2D eigenvalue weighted by Gasteiger charge is -2.22. The molecule has 0 aliphatic rings. The molecule has 6 heteroatoms. The van der Waals surface area contributed by atoms with Gasteiger partial charge >= 0.3 is 5.97 Å². The van der Waals surface area contributed by atoms with Crippen LogP contribution in [0.25, 0.3) is 0 Å². The molecule has 0 aliphatic heterocycles. The van der Waals surface area contributed by atoms with Gasteiger partial charge < -0.3 is 20.3 Å². The molecule has 0 fully saturated rings. The van der Waals surface area contributed by atoms with Crippen LogP contribution < -0.4 is 5.32 Å². The molecule has 0 aromatic carbocycles. The van der Waals surface area contributed by atoms with Crippen LogP contribution in [-0.2, 0) is 14.3 Å².